The van der Waals surface area contributed by atoms with Crippen LogP contribution >= 0.6 is 0 Å². The first-order chi connectivity index (χ1) is 6.08. The highest BCUT2D eigenvalue weighted by Crippen LogP contribution is 2.03. The number of hydrazine groups is 1. The Morgan fingerprint density at radius 2 is 1.54 bits per heavy atom. The average molecular weight is 196 g/mol. The lowest BCUT2D eigenvalue weighted by atomic mass is 10.0. The van der Waals surface area contributed by atoms with Crippen molar-refractivity contribution < 1.29 is 25.5 Å². The molecule has 80 valence electrons. The van der Waals surface area contributed by atoms with Gasteiger partial charge in [-0.3, -0.25) is 11.3 Å². The van der Waals surface area contributed by atoms with Gasteiger partial charge in [0.15, 0.2) is 0 Å². The van der Waals surface area contributed by atoms with Crippen LogP contribution in [0.15, 0.2) is 0 Å². The molecule has 0 bridgehead atoms. The van der Waals surface area contributed by atoms with E-state index in [2.05, 4.69) is 5.43 Å². The summed E-state index contributed by atoms with van der Waals surface area (Å²) < 4.78 is 0. The maximum absolute atomic E-state index is 9.26. The van der Waals surface area contributed by atoms with Crippen LogP contribution in [-0.2, 0) is 0 Å². The van der Waals surface area contributed by atoms with E-state index in [0.29, 0.717) is 0 Å². The smallest absolute Gasteiger partial charge is 0.110 e. The Bertz CT molecular complexity index is 132. The molecule has 0 saturated heterocycles. The van der Waals surface area contributed by atoms with E-state index in [-0.39, 0.29) is 0 Å². The van der Waals surface area contributed by atoms with Crippen LogP contribution in [0.5, 0.6) is 0 Å². The molecule has 0 aliphatic heterocycles. The lowest BCUT2D eigenvalue weighted by Crippen LogP contribution is -2.54. The normalized spacial score (nSPS) is 20.8. The van der Waals surface area contributed by atoms with Crippen LogP contribution in [-0.4, -0.2) is 63.1 Å². The Morgan fingerprint density at radius 1 is 1.00 bits per heavy atom. The fourth-order valence-electron chi connectivity index (χ4n) is 0.833. The molecule has 0 amide bonds. The van der Waals surface area contributed by atoms with E-state index in [1.165, 1.54) is 0 Å². The van der Waals surface area contributed by atoms with E-state index < -0.39 is 37.6 Å². The van der Waals surface area contributed by atoms with E-state index in [9.17, 15) is 5.11 Å². The summed E-state index contributed by atoms with van der Waals surface area (Å²) in [6.45, 7) is -1.17. The summed E-state index contributed by atoms with van der Waals surface area (Å²) in [5.74, 6) is 4.94. The summed E-state index contributed by atoms with van der Waals surface area (Å²) in [6.07, 6.45) is -4.47. The van der Waals surface area contributed by atoms with Gasteiger partial charge in [0.1, 0.15) is 18.3 Å². The molecule has 0 aromatic carbocycles. The van der Waals surface area contributed by atoms with E-state index >= 15 is 0 Å². The SMILES string of the molecule is NN[C@@H](CO)[C@@H](O)[C@H](O)[C@H](O)CO. The van der Waals surface area contributed by atoms with Crippen LogP contribution < -0.4 is 11.3 Å². The summed E-state index contributed by atoms with van der Waals surface area (Å²) in [6, 6.07) is -0.948. The molecule has 13 heavy (non-hydrogen) atoms. The number of aliphatic hydroxyl groups excluding tert-OH is 5. The Morgan fingerprint density at radius 3 is 1.85 bits per heavy atom. The second-order valence-electron chi connectivity index (χ2n) is 2.69. The standard InChI is InChI=1S/C6H16N2O5/c7-8-3(1-9)5(12)6(13)4(11)2-10/h3-6,8-13H,1-2,7H2/t3-,4+,5+,6+/m0/s1. The summed E-state index contributed by atoms with van der Waals surface area (Å²) in [4.78, 5) is 0. The Hall–Kier alpha value is -0.280. The third kappa shape index (κ3) is 3.53. The highest BCUT2D eigenvalue weighted by molar-refractivity contribution is 4.83. The second-order valence-corrected chi connectivity index (χ2v) is 2.69. The number of nitrogens with two attached hydrogens (primary N) is 1. The molecule has 7 heteroatoms. The molecule has 0 aromatic rings. The molecule has 7 nitrogen and oxygen atoms in total. The van der Waals surface area contributed by atoms with Crippen molar-refractivity contribution >= 4 is 0 Å². The number of hydrogen-bond donors (Lipinski definition) is 7. The average Bonchev–Trinajstić information content (AvgIpc) is 2.17. The third-order valence-corrected chi connectivity index (χ3v) is 1.75. The second kappa shape index (κ2) is 6.22. The monoisotopic (exact) mass is 196 g/mol. The van der Waals surface area contributed by atoms with Crippen LogP contribution in [0.25, 0.3) is 0 Å². The maximum Gasteiger partial charge on any atom is 0.110 e. The third-order valence-electron chi connectivity index (χ3n) is 1.75. The largest absolute Gasteiger partial charge is 0.395 e. The fourth-order valence-corrected chi connectivity index (χ4v) is 0.833. The minimum absolute atomic E-state index is 0.493. The van der Waals surface area contributed by atoms with Crippen molar-refractivity contribution in [1.29, 1.82) is 0 Å². The van der Waals surface area contributed by atoms with Gasteiger partial charge in [0.05, 0.1) is 19.3 Å². The van der Waals surface area contributed by atoms with Gasteiger partial charge >= 0.3 is 0 Å². The van der Waals surface area contributed by atoms with Gasteiger partial charge in [-0.2, -0.15) is 0 Å². The summed E-state index contributed by atoms with van der Waals surface area (Å²) >= 11 is 0. The van der Waals surface area contributed by atoms with Gasteiger partial charge in [-0.25, -0.2) is 0 Å². The molecule has 8 N–H and O–H groups in total. The molecule has 0 unspecified atom stereocenters. The fraction of sp³-hybridized carbons (Fsp3) is 1.00. The van der Waals surface area contributed by atoms with Gasteiger partial charge in [0.2, 0.25) is 0 Å². The zero-order chi connectivity index (χ0) is 10.4. The van der Waals surface area contributed by atoms with Crippen LogP contribution in [0.4, 0.5) is 0 Å². The molecule has 0 aliphatic carbocycles. The van der Waals surface area contributed by atoms with Crippen molar-refractivity contribution in [3.8, 4) is 0 Å². The Labute approximate surface area is 75.4 Å². The highest BCUT2D eigenvalue weighted by atomic mass is 16.4. The predicted molar refractivity (Wildman–Crippen MR) is 43.3 cm³/mol. The van der Waals surface area contributed by atoms with E-state index in [4.69, 9.17) is 26.3 Å². The molecule has 0 spiro atoms. The van der Waals surface area contributed by atoms with Crippen LogP contribution in [0.1, 0.15) is 0 Å². The lowest BCUT2D eigenvalue weighted by Gasteiger charge is -2.26. The van der Waals surface area contributed by atoms with Crippen LogP contribution in [0, 0.1) is 0 Å². The van der Waals surface area contributed by atoms with Crippen LogP contribution in [0.2, 0.25) is 0 Å². The van der Waals surface area contributed by atoms with Crippen molar-refractivity contribution in [2.45, 2.75) is 24.4 Å². The van der Waals surface area contributed by atoms with E-state index in [0.717, 1.165) is 0 Å². The summed E-state index contributed by atoms with van der Waals surface area (Å²) in [5, 5.41) is 44.4. The molecule has 0 radical (unpaired) electrons. The highest BCUT2D eigenvalue weighted by Gasteiger charge is 2.29. The minimum Gasteiger partial charge on any atom is -0.395 e. The number of aliphatic hydroxyl groups is 5. The quantitative estimate of drug-likeness (QED) is 0.169. The zero-order valence-corrected chi connectivity index (χ0v) is 7.04. The van der Waals surface area contributed by atoms with Gasteiger partial charge in [0.25, 0.3) is 0 Å². The van der Waals surface area contributed by atoms with Crippen molar-refractivity contribution in [3.63, 3.8) is 0 Å². The van der Waals surface area contributed by atoms with E-state index in [1.807, 2.05) is 0 Å². The molecule has 4 atom stereocenters. The number of nitrogens with one attached hydrogen (secondary N) is 1. The van der Waals surface area contributed by atoms with Gasteiger partial charge in [-0.1, -0.05) is 0 Å². The maximum atomic E-state index is 9.26. The molecule has 0 fully saturated rings. The first-order valence-electron chi connectivity index (χ1n) is 3.80. The first-order valence-corrected chi connectivity index (χ1v) is 3.80. The lowest BCUT2D eigenvalue weighted by molar-refractivity contribution is -0.0916. The van der Waals surface area contributed by atoms with Gasteiger partial charge in [0, 0.05) is 0 Å². The Balaban J connectivity index is 4.13. The first kappa shape index (κ1) is 12.7. The number of hydrogen-bond acceptors (Lipinski definition) is 7. The van der Waals surface area contributed by atoms with Gasteiger partial charge in [-0.05, 0) is 0 Å². The summed E-state index contributed by atoms with van der Waals surface area (Å²) in [5.41, 5.74) is 2.06. The molecule has 0 aromatic heterocycles. The topological polar surface area (TPSA) is 139 Å². The molecule has 0 saturated carbocycles. The van der Waals surface area contributed by atoms with Gasteiger partial charge < -0.3 is 25.5 Å². The Kier molecular flexibility index (Phi) is 6.08. The van der Waals surface area contributed by atoms with Crippen molar-refractivity contribution in [2.24, 2.45) is 5.84 Å². The molecule has 0 aliphatic rings. The molecular formula is C6H16N2O5. The van der Waals surface area contributed by atoms with Crippen molar-refractivity contribution in [1.82, 2.24) is 5.43 Å². The van der Waals surface area contributed by atoms with Crippen LogP contribution in [0.3, 0.4) is 0 Å². The number of rotatable bonds is 6. The van der Waals surface area contributed by atoms with Crippen molar-refractivity contribution in [2.75, 3.05) is 13.2 Å². The molecule has 0 heterocycles. The molecule has 0 rings (SSSR count). The minimum atomic E-state index is -1.56. The summed E-state index contributed by atoms with van der Waals surface area (Å²) in [7, 11) is 0. The molecular weight excluding hydrogens is 180 g/mol. The van der Waals surface area contributed by atoms with Gasteiger partial charge in [-0.15, -0.1) is 0 Å². The van der Waals surface area contributed by atoms with E-state index in [1.54, 1.807) is 0 Å². The predicted octanol–water partition coefficient (Wildman–Crippen LogP) is -4.11. The van der Waals surface area contributed by atoms with Crippen molar-refractivity contribution in [3.05, 3.63) is 0 Å². The zero-order valence-electron chi connectivity index (χ0n) is 7.04.